The lowest BCUT2D eigenvalue weighted by atomic mass is 9.89. The van der Waals surface area contributed by atoms with E-state index >= 15 is 4.39 Å². The van der Waals surface area contributed by atoms with Gasteiger partial charge >= 0.3 is 5.97 Å². The van der Waals surface area contributed by atoms with Crippen LogP contribution in [0.1, 0.15) is 40.4 Å². The van der Waals surface area contributed by atoms with E-state index in [1.807, 2.05) is 0 Å². The normalized spacial score (nSPS) is 14.5. The van der Waals surface area contributed by atoms with Crippen molar-refractivity contribution in [3.8, 4) is 22.6 Å². The summed E-state index contributed by atoms with van der Waals surface area (Å²) in [6.07, 6.45) is 1.01. The van der Waals surface area contributed by atoms with Gasteiger partial charge in [0.25, 0.3) is 0 Å². The Kier molecular flexibility index (Phi) is 5.96. The van der Waals surface area contributed by atoms with Gasteiger partial charge in [0.2, 0.25) is 0 Å². The molecule has 186 valence electrons. The zero-order valence-corrected chi connectivity index (χ0v) is 19.1. The number of carboxylic acids is 1. The number of phenolic OH excluding ortho intramolecular Hbond substituents is 1. The number of nitrogens with zero attached hydrogens (tertiary/aromatic N) is 1. The van der Waals surface area contributed by atoms with Gasteiger partial charge in [0.15, 0.2) is 11.6 Å². The number of ether oxygens (including phenoxy) is 1. The summed E-state index contributed by atoms with van der Waals surface area (Å²) in [6.45, 7) is 2.35. The third kappa shape index (κ3) is 3.80. The lowest BCUT2D eigenvalue weighted by molar-refractivity contribution is 0.0690. The molecule has 2 heterocycles. The van der Waals surface area contributed by atoms with Gasteiger partial charge < -0.3 is 19.5 Å². The Bertz CT molecular complexity index is 1520. The zero-order chi connectivity index (χ0) is 25.7. The Morgan fingerprint density at radius 1 is 1.00 bits per heavy atom. The van der Waals surface area contributed by atoms with Gasteiger partial charge in [-0.1, -0.05) is 6.07 Å². The molecule has 0 atom stereocenters. The van der Waals surface area contributed by atoms with Gasteiger partial charge in [-0.3, -0.25) is 0 Å². The minimum Gasteiger partial charge on any atom is -0.507 e. The van der Waals surface area contributed by atoms with Crippen LogP contribution in [0.4, 0.5) is 17.6 Å². The molecule has 5 rings (SSSR count). The minimum atomic E-state index is -1.63. The van der Waals surface area contributed by atoms with Gasteiger partial charge in [0.05, 0.1) is 16.5 Å². The molecule has 0 bridgehead atoms. The summed E-state index contributed by atoms with van der Waals surface area (Å²) >= 11 is 0. The Morgan fingerprint density at radius 3 is 2.39 bits per heavy atom. The molecule has 3 aromatic carbocycles. The lowest BCUT2D eigenvalue weighted by Crippen LogP contribution is -2.18. The molecule has 2 N–H and O–H groups in total. The standard InChI is InChI=1S/C27H21F4NO4/c1-13-10-16(2-5-19(13)29)32-20-11-15(28)12-21(33)23(20)22(26(32)14-6-8-36-9-7-14)17-3-4-18(27(34)35)25(31)24(17)30/h2-5,10-12,14,33H,6-9H2,1H3,(H,34,35). The number of aromatic nitrogens is 1. The first-order valence-electron chi connectivity index (χ1n) is 11.3. The first-order chi connectivity index (χ1) is 17.2. The highest BCUT2D eigenvalue weighted by Crippen LogP contribution is 2.47. The number of rotatable bonds is 4. The van der Waals surface area contributed by atoms with Crippen LogP contribution < -0.4 is 0 Å². The van der Waals surface area contributed by atoms with Crippen LogP contribution in [-0.4, -0.2) is 34.0 Å². The zero-order valence-electron chi connectivity index (χ0n) is 19.1. The predicted octanol–water partition coefficient (Wildman–Crippen LogP) is 6.46. The first kappa shape index (κ1) is 23.9. The van der Waals surface area contributed by atoms with Crippen molar-refractivity contribution in [3.05, 3.63) is 82.6 Å². The monoisotopic (exact) mass is 499 g/mol. The van der Waals surface area contributed by atoms with Crippen molar-refractivity contribution in [1.29, 1.82) is 0 Å². The maximum atomic E-state index is 15.4. The van der Waals surface area contributed by atoms with Crippen LogP contribution in [0.3, 0.4) is 0 Å². The molecule has 1 fully saturated rings. The van der Waals surface area contributed by atoms with Crippen LogP contribution in [0.2, 0.25) is 0 Å². The van der Waals surface area contributed by atoms with E-state index in [1.54, 1.807) is 17.6 Å². The van der Waals surface area contributed by atoms with E-state index in [4.69, 9.17) is 4.74 Å². The molecule has 9 heteroatoms. The van der Waals surface area contributed by atoms with Crippen molar-refractivity contribution < 1.29 is 37.3 Å². The van der Waals surface area contributed by atoms with Gasteiger partial charge in [0, 0.05) is 47.7 Å². The molecule has 1 aromatic heterocycles. The molecule has 4 aromatic rings. The molecule has 0 amide bonds. The fourth-order valence-corrected chi connectivity index (χ4v) is 4.96. The van der Waals surface area contributed by atoms with E-state index in [9.17, 15) is 28.2 Å². The Balaban J connectivity index is 1.95. The van der Waals surface area contributed by atoms with Crippen molar-refractivity contribution in [2.75, 3.05) is 13.2 Å². The van der Waals surface area contributed by atoms with Gasteiger partial charge in [0.1, 0.15) is 17.4 Å². The summed E-state index contributed by atoms with van der Waals surface area (Å²) in [5, 5.41) is 20.1. The van der Waals surface area contributed by atoms with Crippen LogP contribution >= 0.6 is 0 Å². The molecule has 0 saturated carbocycles. The third-order valence-corrected chi connectivity index (χ3v) is 6.64. The average Bonchev–Trinajstić information content (AvgIpc) is 3.18. The second-order valence-corrected chi connectivity index (χ2v) is 8.83. The van der Waals surface area contributed by atoms with E-state index in [0.717, 1.165) is 18.2 Å². The molecule has 36 heavy (non-hydrogen) atoms. The number of hydrogen-bond acceptors (Lipinski definition) is 3. The summed E-state index contributed by atoms with van der Waals surface area (Å²) in [4.78, 5) is 11.4. The number of carboxylic acid groups (broad SMARTS) is 1. The maximum absolute atomic E-state index is 15.4. The molecule has 1 aliphatic heterocycles. The molecule has 1 aliphatic rings. The molecule has 1 saturated heterocycles. The molecule has 0 aliphatic carbocycles. The smallest absolute Gasteiger partial charge is 0.338 e. The molecule has 0 spiro atoms. The number of hydrogen-bond donors (Lipinski definition) is 2. The number of halogens is 4. The Hall–Kier alpha value is -3.85. The molecular weight excluding hydrogens is 478 g/mol. The quantitative estimate of drug-likeness (QED) is 0.316. The largest absolute Gasteiger partial charge is 0.507 e. The van der Waals surface area contributed by atoms with Crippen molar-refractivity contribution >= 4 is 16.9 Å². The van der Waals surface area contributed by atoms with Crippen molar-refractivity contribution in [2.45, 2.75) is 25.7 Å². The summed E-state index contributed by atoms with van der Waals surface area (Å²) in [5.41, 5.74) is 0.404. The van der Waals surface area contributed by atoms with Crippen molar-refractivity contribution in [1.82, 2.24) is 4.57 Å². The Morgan fingerprint density at radius 2 is 1.72 bits per heavy atom. The summed E-state index contributed by atoms with van der Waals surface area (Å²) in [5.74, 6) is -6.54. The molecule has 0 radical (unpaired) electrons. The van der Waals surface area contributed by atoms with E-state index in [1.165, 1.54) is 18.2 Å². The summed E-state index contributed by atoms with van der Waals surface area (Å²) in [7, 11) is 0. The minimum absolute atomic E-state index is 0.0706. The lowest BCUT2D eigenvalue weighted by Gasteiger charge is -2.26. The highest BCUT2D eigenvalue weighted by Gasteiger charge is 2.32. The van der Waals surface area contributed by atoms with Crippen LogP contribution in [0.15, 0.2) is 42.5 Å². The van der Waals surface area contributed by atoms with Gasteiger partial charge in [-0.15, -0.1) is 0 Å². The van der Waals surface area contributed by atoms with E-state index in [-0.39, 0.29) is 27.9 Å². The maximum Gasteiger partial charge on any atom is 0.338 e. The number of aromatic carboxylic acids is 1. The van der Waals surface area contributed by atoms with Gasteiger partial charge in [-0.2, -0.15) is 0 Å². The molecule has 5 nitrogen and oxygen atoms in total. The Labute approximate surface area is 203 Å². The van der Waals surface area contributed by atoms with E-state index < -0.39 is 40.6 Å². The van der Waals surface area contributed by atoms with Crippen LogP contribution in [0.5, 0.6) is 5.75 Å². The van der Waals surface area contributed by atoms with Crippen LogP contribution in [0.25, 0.3) is 27.7 Å². The van der Waals surface area contributed by atoms with Crippen molar-refractivity contribution in [3.63, 3.8) is 0 Å². The molecular formula is C27H21F4NO4. The molecule has 0 unspecified atom stereocenters. The number of aromatic hydroxyl groups is 1. The number of aryl methyl sites for hydroxylation is 1. The second-order valence-electron chi connectivity index (χ2n) is 8.83. The number of carbonyl (C=O) groups is 1. The average molecular weight is 499 g/mol. The highest BCUT2D eigenvalue weighted by atomic mass is 19.2. The van der Waals surface area contributed by atoms with Gasteiger partial charge in [-0.25, -0.2) is 22.4 Å². The SMILES string of the molecule is Cc1cc(-n2c(C3CCOCC3)c(-c3ccc(C(=O)O)c(F)c3F)c3c(O)cc(F)cc32)ccc1F. The topological polar surface area (TPSA) is 71.7 Å². The van der Waals surface area contributed by atoms with E-state index in [2.05, 4.69) is 0 Å². The van der Waals surface area contributed by atoms with E-state index in [0.29, 0.717) is 43.0 Å². The number of fused-ring (bicyclic) bond motifs is 1. The summed E-state index contributed by atoms with van der Waals surface area (Å²) in [6, 6.07) is 8.43. The number of phenols is 1. The number of benzene rings is 3. The van der Waals surface area contributed by atoms with Crippen LogP contribution in [-0.2, 0) is 4.74 Å². The highest BCUT2D eigenvalue weighted by molar-refractivity contribution is 6.04. The fraction of sp³-hybridized carbons (Fsp3) is 0.222. The summed E-state index contributed by atoms with van der Waals surface area (Å²) < 4.78 is 66.0. The first-order valence-corrected chi connectivity index (χ1v) is 11.3. The van der Waals surface area contributed by atoms with Gasteiger partial charge in [-0.05, 0) is 55.7 Å². The van der Waals surface area contributed by atoms with Crippen LogP contribution in [0, 0.1) is 30.2 Å². The second kappa shape index (κ2) is 8.98. The van der Waals surface area contributed by atoms with Crippen molar-refractivity contribution in [2.24, 2.45) is 0 Å². The third-order valence-electron chi connectivity index (χ3n) is 6.64. The predicted molar refractivity (Wildman–Crippen MR) is 125 cm³/mol. The fourth-order valence-electron chi connectivity index (χ4n) is 4.96.